The van der Waals surface area contributed by atoms with Crippen LogP contribution in [0.3, 0.4) is 0 Å². The summed E-state index contributed by atoms with van der Waals surface area (Å²) in [5.41, 5.74) is 1.17. The van der Waals surface area contributed by atoms with Crippen molar-refractivity contribution in [1.82, 2.24) is 5.32 Å². The van der Waals surface area contributed by atoms with Crippen LogP contribution in [0.15, 0.2) is 23.1 Å². The molecule has 4 heteroatoms. The van der Waals surface area contributed by atoms with E-state index in [9.17, 15) is 9.90 Å². The Kier molecular flexibility index (Phi) is 3.45. The van der Waals surface area contributed by atoms with Gasteiger partial charge in [0.25, 0.3) is 5.91 Å². The molecule has 1 aromatic rings. The Balaban J connectivity index is 2.17. The van der Waals surface area contributed by atoms with Crippen molar-refractivity contribution in [1.29, 1.82) is 0 Å². The van der Waals surface area contributed by atoms with Crippen LogP contribution in [0.5, 0.6) is 0 Å². The number of benzene rings is 1. The second kappa shape index (κ2) is 4.70. The van der Waals surface area contributed by atoms with Gasteiger partial charge >= 0.3 is 0 Å². The van der Waals surface area contributed by atoms with Crippen LogP contribution in [0.25, 0.3) is 0 Å². The number of amides is 1. The van der Waals surface area contributed by atoms with Crippen LogP contribution in [0.2, 0.25) is 0 Å². The van der Waals surface area contributed by atoms with Crippen LogP contribution in [0.4, 0.5) is 0 Å². The smallest absolute Gasteiger partial charge is 0.252 e. The lowest BCUT2D eigenvalue weighted by Crippen LogP contribution is -2.56. The minimum atomic E-state index is -0.393. The van der Waals surface area contributed by atoms with Gasteiger partial charge in [0.2, 0.25) is 0 Å². The maximum absolute atomic E-state index is 12.1. The van der Waals surface area contributed by atoms with Gasteiger partial charge in [-0.15, -0.1) is 12.6 Å². The van der Waals surface area contributed by atoms with Gasteiger partial charge in [-0.3, -0.25) is 4.79 Å². The predicted octanol–water partition coefficient (Wildman–Crippen LogP) is 1.93. The van der Waals surface area contributed by atoms with Crippen LogP contribution in [-0.2, 0) is 0 Å². The molecule has 1 aliphatic carbocycles. The van der Waals surface area contributed by atoms with Gasteiger partial charge in [-0.2, -0.15) is 0 Å². The molecule has 0 atom stereocenters. The molecule has 0 heterocycles. The summed E-state index contributed by atoms with van der Waals surface area (Å²) in [4.78, 5) is 12.9. The Labute approximate surface area is 107 Å². The number of thiol groups is 1. The Hall–Kier alpha value is -1.00. The van der Waals surface area contributed by atoms with Gasteiger partial charge in [-0.1, -0.05) is 6.07 Å². The summed E-state index contributed by atoms with van der Waals surface area (Å²) >= 11 is 4.24. The van der Waals surface area contributed by atoms with E-state index in [-0.39, 0.29) is 12.5 Å². The van der Waals surface area contributed by atoms with E-state index in [2.05, 4.69) is 17.9 Å². The van der Waals surface area contributed by atoms with Gasteiger partial charge < -0.3 is 10.4 Å². The number of aliphatic hydroxyl groups is 1. The van der Waals surface area contributed by atoms with Gasteiger partial charge in [-0.05, 0) is 43.9 Å². The molecule has 1 amide bonds. The van der Waals surface area contributed by atoms with Crippen molar-refractivity contribution in [2.75, 3.05) is 6.61 Å². The van der Waals surface area contributed by atoms with E-state index < -0.39 is 5.54 Å². The highest BCUT2D eigenvalue weighted by molar-refractivity contribution is 7.80. The SMILES string of the molecule is Cc1ccc(S)cc1C(=O)NC1(CO)CCC1. The molecule has 1 saturated carbocycles. The third kappa shape index (κ3) is 2.48. The highest BCUT2D eigenvalue weighted by Gasteiger charge is 2.38. The van der Waals surface area contributed by atoms with Gasteiger partial charge in [-0.25, -0.2) is 0 Å². The Bertz CT molecular complexity index is 436. The molecule has 0 aliphatic heterocycles. The van der Waals surface area contributed by atoms with Crippen LogP contribution in [0, 0.1) is 6.92 Å². The summed E-state index contributed by atoms with van der Waals surface area (Å²) in [6.45, 7) is 1.91. The summed E-state index contributed by atoms with van der Waals surface area (Å²) in [5.74, 6) is -0.118. The molecular weight excluding hydrogens is 234 g/mol. The summed E-state index contributed by atoms with van der Waals surface area (Å²) in [5, 5.41) is 12.3. The number of rotatable bonds is 3. The molecule has 1 aliphatic rings. The van der Waals surface area contributed by atoms with Crippen LogP contribution >= 0.6 is 12.6 Å². The van der Waals surface area contributed by atoms with E-state index >= 15 is 0 Å². The molecule has 2 N–H and O–H groups in total. The Morgan fingerprint density at radius 1 is 1.53 bits per heavy atom. The number of carbonyl (C=O) groups excluding carboxylic acids is 1. The monoisotopic (exact) mass is 251 g/mol. The lowest BCUT2D eigenvalue weighted by atomic mass is 9.77. The number of hydrogen-bond donors (Lipinski definition) is 3. The molecule has 3 nitrogen and oxygen atoms in total. The fraction of sp³-hybridized carbons (Fsp3) is 0.462. The van der Waals surface area contributed by atoms with Gasteiger partial charge in [0.1, 0.15) is 0 Å². The first-order valence-electron chi connectivity index (χ1n) is 5.79. The summed E-state index contributed by atoms with van der Waals surface area (Å²) < 4.78 is 0. The van der Waals surface area contributed by atoms with Crippen molar-refractivity contribution in [2.24, 2.45) is 0 Å². The third-order valence-electron chi connectivity index (χ3n) is 3.46. The van der Waals surface area contributed by atoms with Crippen LogP contribution in [0.1, 0.15) is 35.2 Å². The Morgan fingerprint density at radius 3 is 2.76 bits per heavy atom. The van der Waals surface area contributed by atoms with E-state index in [1.54, 1.807) is 6.07 Å². The first kappa shape index (κ1) is 12.5. The molecule has 0 spiro atoms. The van der Waals surface area contributed by atoms with Crippen molar-refractivity contribution >= 4 is 18.5 Å². The summed E-state index contributed by atoms with van der Waals surface area (Å²) in [6.07, 6.45) is 2.77. The summed E-state index contributed by atoms with van der Waals surface area (Å²) in [6, 6.07) is 5.50. The van der Waals surface area contributed by atoms with Crippen molar-refractivity contribution < 1.29 is 9.90 Å². The highest BCUT2D eigenvalue weighted by atomic mass is 32.1. The molecule has 0 bridgehead atoms. The standard InChI is InChI=1S/C13H17NO2S/c1-9-3-4-10(17)7-11(9)12(16)14-13(8-15)5-2-6-13/h3-4,7,15,17H,2,5-6,8H2,1H3,(H,14,16). The minimum absolute atomic E-state index is 0.0123. The second-order valence-corrected chi connectivity index (χ2v) is 5.26. The zero-order chi connectivity index (χ0) is 12.5. The second-order valence-electron chi connectivity index (χ2n) is 4.75. The molecule has 0 radical (unpaired) electrons. The highest BCUT2D eigenvalue weighted by Crippen LogP contribution is 2.31. The maximum atomic E-state index is 12.1. The average Bonchev–Trinajstić information content (AvgIpc) is 2.26. The van der Waals surface area contributed by atoms with Gasteiger partial charge in [0, 0.05) is 10.5 Å². The average molecular weight is 251 g/mol. The van der Waals surface area contributed by atoms with E-state index in [0.717, 1.165) is 29.7 Å². The van der Waals surface area contributed by atoms with Crippen LogP contribution < -0.4 is 5.32 Å². The Morgan fingerprint density at radius 2 is 2.24 bits per heavy atom. The minimum Gasteiger partial charge on any atom is -0.394 e. The van der Waals surface area contributed by atoms with Crippen LogP contribution in [-0.4, -0.2) is 23.2 Å². The molecule has 2 rings (SSSR count). The number of aliphatic hydroxyl groups excluding tert-OH is 1. The number of nitrogens with one attached hydrogen (secondary N) is 1. The fourth-order valence-electron chi connectivity index (χ4n) is 2.09. The molecule has 1 aromatic carbocycles. The first-order chi connectivity index (χ1) is 8.06. The zero-order valence-corrected chi connectivity index (χ0v) is 10.8. The molecule has 0 unspecified atom stereocenters. The number of aryl methyl sites for hydroxylation is 1. The number of hydrogen-bond acceptors (Lipinski definition) is 3. The molecular formula is C13H17NO2S. The van der Waals surface area contributed by atoms with Crippen molar-refractivity contribution in [3.05, 3.63) is 29.3 Å². The quantitative estimate of drug-likeness (QED) is 0.719. The fourth-order valence-corrected chi connectivity index (χ4v) is 2.29. The molecule has 92 valence electrons. The number of carbonyl (C=O) groups is 1. The normalized spacial score (nSPS) is 17.4. The topological polar surface area (TPSA) is 49.3 Å². The van der Waals surface area contributed by atoms with E-state index in [1.807, 2.05) is 19.1 Å². The lowest BCUT2D eigenvalue weighted by Gasteiger charge is -2.41. The van der Waals surface area contributed by atoms with Crippen molar-refractivity contribution in [3.63, 3.8) is 0 Å². The van der Waals surface area contributed by atoms with E-state index in [4.69, 9.17) is 0 Å². The third-order valence-corrected chi connectivity index (χ3v) is 3.74. The summed E-state index contributed by atoms with van der Waals surface area (Å²) in [7, 11) is 0. The van der Waals surface area contributed by atoms with E-state index in [0.29, 0.717) is 5.56 Å². The molecule has 17 heavy (non-hydrogen) atoms. The van der Waals surface area contributed by atoms with Crippen molar-refractivity contribution in [3.8, 4) is 0 Å². The van der Waals surface area contributed by atoms with Crippen molar-refractivity contribution in [2.45, 2.75) is 36.6 Å². The largest absolute Gasteiger partial charge is 0.394 e. The lowest BCUT2D eigenvalue weighted by molar-refractivity contribution is 0.0641. The first-order valence-corrected chi connectivity index (χ1v) is 6.24. The van der Waals surface area contributed by atoms with Gasteiger partial charge in [0.15, 0.2) is 0 Å². The molecule has 0 saturated heterocycles. The zero-order valence-electron chi connectivity index (χ0n) is 9.86. The van der Waals surface area contributed by atoms with E-state index in [1.165, 1.54) is 0 Å². The molecule has 0 aromatic heterocycles. The maximum Gasteiger partial charge on any atom is 0.252 e. The van der Waals surface area contributed by atoms with Gasteiger partial charge in [0.05, 0.1) is 12.1 Å². The predicted molar refractivity (Wildman–Crippen MR) is 69.6 cm³/mol. The molecule has 1 fully saturated rings.